The molecule has 0 radical (unpaired) electrons. The molecule has 9 heteroatoms. The molecule has 3 aromatic rings. The summed E-state index contributed by atoms with van der Waals surface area (Å²) >= 11 is 0. The van der Waals surface area contributed by atoms with Gasteiger partial charge in [-0.05, 0) is 66.9 Å². The van der Waals surface area contributed by atoms with Crippen LogP contribution in [0.15, 0.2) is 78.9 Å². The van der Waals surface area contributed by atoms with E-state index in [-0.39, 0.29) is 16.8 Å². The average Bonchev–Trinajstić information content (AvgIpc) is 2.95. The van der Waals surface area contributed by atoms with Gasteiger partial charge in [-0.3, -0.25) is 14.9 Å². The summed E-state index contributed by atoms with van der Waals surface area (Å²) in [4.78, 5) is 51.2. The van der Waals surface area contributed by atoms with Gasteiger partial charge in [0.05, 0.1) is 25.5 Å². The van der Waals surface area contributed by atoms with E-state index >= 15 is 0 Å². The molecule has 0 spiro atoms. The summed E-state index contributed by atoms with van der Waals surface area (Å²) in [6, 6.07) is 16.2. The molecule has 0 unspecified atom stereocenters. The number of carbonyl (C=O) groups is 4. The van der Waals surface area contributed by atoms with E-state index in [0.29, 0.717) is 30.1 Å². The molecule has 1 fully saturated rings. The van der Waals surface area contributed by atoms with E-state index in [4.69, 9.17) is 9.47 Å². The van der Waals surface area contributed by atoms with Gasteiger partial charge in [-0.1, -0.05) is 35.9 Å². The summed E-state index contributed by atoms with van der Waals surface area (Å²) in [6.45, 7) is 6.14. The average molecular weight is 541 g/mol. The Morgan fingerprint density at radius 1 is 1.00 bits per heavy atom. The number of nitrogens with zero attached hydrogens (tertiary/aromatic N) is 1. The number of barbiturate groups is 1. The summed E-state index contributed by atoms with van der Waals surface area (Å²) in [6.07, 6.45) is 3.54. The number of nitrogens with one attached hydrogen (secondary N) is 1. The van der Waals surface area contributed by atoms with E-state index in [2.05, 4.69) is 16.6 Å². The largest absolute Gasteiger partial charge is 0.493 e. The second-order valence-corrected chi connectivity index (χ2v) is 8.97. The molecule has 4 rings (SSSR count). The monoisotopic (exact) mass is 540 g/mol. The SMILES string of the molecule is C=CCc1cc(/C=C2\C(=O)NC(=O)N(c3ccc(C(=O)OC)cc3)C2=O)cc(OC)c1OCc1ccc(C)cc1. The Labute approximate surface area is 231 Å². The van der Waals surface area contributed by atoms with Gasteiger partial charge in [0.15, 0.2) is 11.5 Å². The second kappa shape index (κ2) is 12.1. The number of hydrogen-bond acceptors (Lipinski definition) is 7. The van der Waals surface area contributed by atoms with Crippen LogP contribution in [0.25, 0.3) is 6.08 Å². The Kier molecular flexibility index (Phi) is 8.44. The van der Waals surface area contributed by atoms with Gasteiger partial charge in [0.2, 0.25) is 0 Å². The number of imide groups is 2. The number of rotatable bonds is 9. The topological polar surface area (TPSA) is 111 Å². The van der Waals surface area contributed by atoms with Crippen LogP contribution in [0.2, 0.25) is 0 Å². The third kappa shape index (κ3) is 5.94. The summed E-state index contributed by atoms with van der Waals surface area (Å²) in [7, 11) is 2.75. The van der Waals surface area contributed by atoms with Crippen molar-refractivity contribution in [2.45, 2.75) is 20.0 Å². The molecule has 4 amide bonds. The van der Waals surface area contributed by atoms with Crippen LogP contribution in [-0.2, 0) is 27.4 Å². The van der Waals surface area contributed by atoms with Gasteiger partial charge < -0.3 is 14.2 Å². The Morgan fingerprint density at radius 3 is 2.33 bits per heavy atom. The first-order valence-corrected chi connectivity index (χ1v) is 12.4. The molecule has 3 aromatic carbocycles. The molecule has 0 saturated carbocycles. The number of allylic oxidation sites excluding steroid dienone is 1. The van der Waals surface area contributed by atoms with Crippen LogP contribution < -0.4 is 19.7 Å². The molecule has 0 aliphatic carbocycles. The first kappa shape index (κ1) is 27.8. The lowest BCUT2D eigenvalue weighted by molar-refractivity contribution is -0.122. The molecule has 1 aliphatic heterocycles. The fourth-order valence-electron chi connectivity index (χ4n) is 4.15. The molecule has 204 valence electrons. The molecule has 0 aromatic heterocycles. The summed E-state index contributed by atoms with van der Waals surface area (Å²) in [5.41, 5.74) is 3.53. The number of methoxy groups -OCH3 is 2. The van der Waals surface area contributed by atoms with Crippen molar-refractivity contribution in [3.8, 4) is 11.5 Å². The Hall–Kier alpha value is -5.18. The second-order valence-electron chi connectivity index (χ2n) is 8.97. The number of urea groups is 1. The molecule has 9 nitrogen and oxygen atoms in total. The van der Waals surface area contributed by atoms with Crippen molar-refractivity contribution >= 4 is 35.6 Å². The van der Waals surface area contributed by atoms with Crippen LogP contribution >= 0.6 is 0 Å². The minimum absolute atomic E-state index is 0.179. The quantitative estimate of drug-likeness (QED) is 0.180. The van der Waals surface area contributed by atoms with Gasteiger partial charge in [-0.15, -0.1) is 6.58 Å². The van der Waals surface area contributed by atoms with E-state index in [1.807, 2.05) is 31.2 Å². The number of benzene rings is 3. The summed E-state index contributed by atoms with van der Waals surface area (Å²) in [5, 5.41) is 2.19. The van der Waals surface area contributed by atoms with Gasteiger partial charge in [0.1, 0.15) is 12.2 Å². The molecule has 1 heterocycles. The van der Waals surface area contributed by atoms with E-state index in [9.17, 15) is 19.2 Å². The number of aryl methyl sites for hydroxylation is 1. The molecular formula is C31H28N2O7. The summed E-state index contributed by atoms with van der Waals surface area (Å²) in [5.74, 6) is -1.28. The Balaban J connectivity index is 1.67. The van der Waals surface area contributed by atoms with Crippen molar-refractivity contribution in [1.29, 1.82) is 0 Å². The van der Waals surface area contributed by atoms with Crippen LogP contribution in [0.3, 0.4) is 0 Å². The third-order valence-corrected chi connectivity index (χ3v) is 6.20. The van der Waals surface area contributed by atoms with Crippen LogP contribution in [-0.4, -0.2) is 38.0 Å². The number of ether oxygens (including phenoxy) is 3. The maximum absolute atomic E-state index is 13.4. The Bertz CT molecular complexity index is 1510. The first-order valence-electron chi connectivity index (χ1n) is 12.4. The zero-order valence-corrected chi connectivity index (χ0v) is 22.4. The fourth-order valence-corrected chi connectivity index (χ4v) is 4.15. The maximum Gasteiger partial charge on any atom is 0.337 e. The number of hydrogen-bond donors (Lipinski definition) is 1. The van der Waals surface area contributed by atoms with Crippen molar-refractivity contribution < 1.29 is 33.4 Å². The van der Waals surface area contributed by atoms with Gasteiger partial charge >= 0.3 is 12.0 Å². The molecule has 1 saturated heterocycles. The van der Waals surface area contributed by atoms with Gasteiger partial charge in [0, 0.05) is 5.56 Å². The van der Waals surface area contributed by atoms with Crippen molar-refractivity contribution in [1.82, 2.24) is 5.32 Å². The van der Waals surface area contributed by atoms with Crippen molar-refractivity contribution in [2.75, 3.05) is 19.1 Å². The zero-order chi connectivity index (χ0) is 28.8. The van der Waals surface area contributed by atoms with Crippen molar-refractivity contribution in [3.05, 3.63) is 107 Å². The standard InChI is InChI=1S/C31H28N2O7/c1-5-6-23-15-21(17-26(38-3)27(23)40-18-20-9-7-19(2)8-10-20)16-25-28(34)32-31(37)33(29(25)35)24-13-11-22(12-14-24)30(36)39-4/h5,7-17H,1,6,18H2,2-4H3,(H,32,34,37)/b25-16+. The minimum Gasteiger partial charge on any atom is -0.493 e. The highest BCUT2D eigenvalue weighted by Gasteiger charge is 2.37. The summed E-state index contributed by atoms with van der Waals surface area (Å²) < 4.78 is 16.4. The predicted molar refractivity (Wildman–Crippen MR) is 149 cm³/mol. The number of anilines is 1. The van der Waals surface area contributed by atoms with E-state index in [1.54, 1.807) is 18.2 Å². The van der Waals surface area contributed by atoms with E-state index < -0.39 is 23.8 Å². The highest BCUT2D eigenvalue weighted by molar-refractivity contribution is 6.39. The molecule has 0 bridgehead atoms. The molecule has 1 N–H and O–H groups in total. The lowest BCUT2D eigenvalue weighted by Gasteiger charge is -2.26. The van der Waals surface area contributed by atoms with Crippen molar-refractivity contribution in [2.24, 2.45) is 0 Å². The Morgan fingerprint density at radius 2 is 1.70 bits per heavy atom. The smallest absolute Gasteiger partial charge is 0.337 e. The molecule has 40 heavy (non-hydrogen) atoms. The molecule has 1 aliphatic rings. The van der Waals surface area contributed by atoms with Gasteiger partial charge in [-0.2, -0.15) is 0 Å². The van der Waals surface area contributed by atoms with Crippen LogP contribution in [0, 0.1) is 6.92 Å². The lowest BCUT2D eigenvalue weighted by Crippen LogP contribution is -2.54. The number of esters is 1. The maximum atomic E-state index is 13.4. The highest BCUT2D eigenvalue weighted by Crippen LogP contribution is 2.35. The minimum atomic E-state index is -0.900. The number of amides is 4. The first-order chi connectivity index (χ1) is 19.2. The van der Waals surface area contributed by atoms with E-state index in [1.165, 1.54) is 44.6 Å². The van der Waals surface area contributed by atoms with Crippen LogP contribution in [0.4, 0.5) is 10.5 Å². The van der Waals surface area contributed by atoms with Gasteiger partial charge in [0.25, 0.3) is 11.8 Å². The third-order valence-electron chi connectivity index (χ3n) is 6.20. The normalized spacial score (nSPS) is 14.1. The fraction of sp³-hybridized carbons (Fsp3) is 0.161. The molecule has 0 atom stereocenters. The van der Waals surface area contributed by atoms with Gasteiger partial charge in [-0.25, -0.2) is 14.5 Å². The lowest BCUT2D eigenvalue weighted by atomic mass is 10.0. The van der Waals surface area contributed by atoms with Crippen molar-refractivity contribution in [3.63, 3.8) is 0 Å². The highest BCUT2D eigenvalue weighted by atomic mass is 16.5. The predicted octanol–water partition coefficient (Wildman–Crippen LogP) is 4.76. The van der Waals surface area contributed by atoms with Crippen LogP contribution in [0.1, 0.15) is 32.6 Å². The van der Waals surface area contributed by atoms with E-state index in [0.717, 1.165) is 21.6 Å². The molecular weight excluding hydrogens is 512 g/mol. The van der Waals surface area contributed by atoms with Crippen LogP contribution in [0.5, 0.6) is 11.5 Å². The number of carbonyl (C=O) groups excluding carboxylic acids is 4. The zero-order valence-electron chi connectivity index (χ0n) is 22.4.